The monoisotopic (exact) mass is 165 g/mol. The molecule has 3 N–H and O–H groups in total. The fourth-order valence-electron chi connectivity index (χ4n) is 0.530. The number of amidine groups is 2. The fraction of sp³-hybridized carbons (Fsp3) is 0.200. The Labute approximate surface area is 64.0 Å². The van der Waals surface area contributed by atoms with Crippen molar-refractivity contribution in [3.8, 4) is 0 Å². The van der Waals surface area contributed by atoms with Crippen LogP contribution in [0.5, 0.6) is 0 Å². The summed E-state index contributed by atoms with van der Waals surface area (Å²) in [7, 11) is 0. The Kier molecular flexibility index (Phi) is 3.20. The molecule has 0 fully saturated rings. The summed E-state index contributed by atoms with van der Waals surface area (Å²) in [6.45, 7) is 0. The maximum absolute atomic E-state index is 7.00. The minimum absolute atomic E-state index is 0. The van der Waals surface area contributed by atoms with Gasteiger partial charge >= 0.3 is 17.1 Å². The molecular formula is C5H7FeN3+2. The van der Waals surface area contributed by atoms with E-state index in [0.717, 1.165) is 0 Å². The summed E-state index contributed by atoms with van der Waals surface area (Å²) < 4.78 is 0. The summed E-state index contributed by atoms with van der Waals surface area (Å²) in [6.07, 6.45) is 4.14. The maximum Gasteiger partial charge on any atom is 2.00 e. The van der Waals surface area contributed by atoms with E-state index in [9.17, 15) is 0 Å². The predicted molar refractivity (Wildman–Crippen MR) is 33.1 cm³/mol. The number of hydrogen-bond donors (Lipinski definition) is 2. The molecule has 0 aromatic carbocycles. The molecule has 0 aromatic heterocycles. The Balaban J connectivity index is 0.000000640. The van der Waals surface area contributed by atoms with E-state index < -0.39 is 0 Å². The smallest absolute Gasteiger partial charge is 0.384 e. The van der Waals surface area contributed by atoms with Crippen LogP contribution in [-0.4, -0.2) is 11.7 Å². The summed E-state index contributed by atoms with van der Waals surface area (Å²) in [5.41, 5.74) is 5.25. The summed E-state index contributed by atoms with van der Waals surface area (Å²) >= 11 is 0. The molecule has 9 heavy (non-hydrogen) atoms. The first-order valence-corrected chi connectivity index (χ1v) is 2.37. The van der Waals surface area contributed by atoms with Crippen molar-refractivity contribution in [2.24, 2.45) is 10.7 Å². The van der Waals surface area contributed by atoms with Crippen LogP contribution in [-0.2, 0) is 17.1 Å². The zero-order valence-electron chi connectivity index (χ0n) is 4.74. The zero-order valence-corrected chi connectivity index (χ0v) is 5.84. The van der Waals surface area contributed by atoms with Crippen LogP contribution in [0.3, 0.4) is 0 Å². The normalized spacial score (nSPS) is 16.4. The van der Waals surface area contributed by atoms with E-state index in [1.54, 1.807) is 6.08 Å². The quantitative estimate of drug-likeness (QED) is 0.497. The summed E-state index contributed by atoms with van der Waals surface area (Å²) in [5, 5.41) is 7.00. The molecule has 0 atom stereocenters. The molecule has 0 unspecified atom stereocenters. The molecule has 1 aliphatic heterocycles. The summed E-state index contributed by atoms with van der Waals surface area (Å²) in [4.78, 5) is 3.67. The van der Waals surface area contributed by atoms with Gasteiger partial charge in [-0.15, -0.1) is 0 Å². The topological polar surface area (TPSA) is 62.2 Å². The van der Waals surface area contributed by atoms with Gasteiger partial charge < -0.3 is 5.73 Å². The molecule has 0 saturated carbocycles. The van der Waals surface area contributed by atoms with E-state index in [1.807, 2.05) is 6.08 Å². The first-order valence-electron chi connectivity index (χ1n) is 2.37. The van der Waals surface area contributed by atoms with Gasteiger partial charge in [0.1, 0.15) is 11.7 Å². The van der Waals surface area contributed by atoms with Crippen molar-refractivity contribution in [1.29, 1.82) is 5.41 Å². The van der Waals surface area contributed by atoms with Gasteiger partial charge in [0.25, 0.3) is 0 Å². The van der Waals surface area contributed by atoms with E-state index in [0.29, 0.717) is 18.1 Å². The van der Waals surface area contributed by atoms with Gasteiger partial charge in [-0.25, -0.2) is 4.99 Å². The van der Waals surface area contributed by atoms with Crippen molar-refractivity contribution < 1.29 is 17.1 Å². The van der Waals surface area contributed by atoms with Gasteiger partial charge in [0.2, 0.25) is 0 Å². The standard InChI is InChI=1S/C5H7N3.Fe/c6-4-2-1-3-5(7)8-4;/h1-2H,3H2,(H3,6,7,8);/q;+2. The minimum atomic E-state index is 0. The second-order valence-electron chi connectivity index (χ2n) is 1.59. The molecule has 0 radical (unpaired) electrons. The molecule has 0 saturated heterocycles. The number of nitrogens with zero attached hydrogens (tertiary/aromatic N) is 1. The third kappa shape index (κ3) is 2.44. The molecule has 0 amide bonds. The molecule has 3 nitrogen and oxygen atoms in total. The average molecular weight is 165 g/mol. The average Bonchev–Trinajstić information content (AvgIpc) is 1.64. The Morgan fingerprint density at radius 1 is 1.67 bits per heavy atom. The van der Waals surface area contributed by atoms with Crippen LogP contribution in [0.2, 0.25) is 0 Å². The predicted octanol–water partition coefficient (Wildman–Crippen LogP) is 0.278. The minimum Gasteiger partial charge on any atom is -0.384 e. The number of rotatable bonds is 0. The molecule has 0 spiro atoms. The molecule has 0 aliphatic carbocycles. The molecule has 1 rings (SSSR count). The van der Waals surface area contributed by atoms with Gasteiger partial charge in [0, 0.05) is 6.42 Å². The van der Waals surface area contributed by atoms with Crippen LogP contribution >= 0.6 is 0 Å². The first kappa shape index (κ1) is 8.40. The third-order valence-electron chi connectivity index (χ3n) is 0.864. The van der Waals surface area contributed by atoms with E-state index in [1.165, 1.54) is 0 Å². The SMILES string of the molecule is N=C1CC=CC(N)=N1.[Fe+2]. The maximum atomic E-state index is 7.00. The van der Waals surface area contributed by atoms with Crippen LogP contribution in [0.4, 0.5) is 0 Å². The number of nitrogens with one attached hydrogen (secondary N) is 1. The number of nitrogens with two attached hydrogens (primary N) is 1. The van der Waals surface area contributed by atoms with Crippen LogP contribution < -0.4 is 5.73 Å². The van der Waals surface area contributed by atoms with Crippen molar-refractivity contribution in [2.45, 2.75) is 6.42 Å². The van der Waals surface area contributed by atoms with Crippen LogP contribution in [0.25, 0.3) is 0 Å². The van der Waals surface area contributed by atoms with Crippen LogP contribution in [0.1, 0.15) is 6.42 Å². The van der Waals surface area contributed by atoms with Crippen molar-refractivity contribution in [2.75, 3.05) is 0 Å². The summed E-state index contributed by atoms with van der Waals surface area (Å²) in [6, 6.07) is 0. The van der Waals surface area contributed by atoms with Crippen molar-refractivity contribution >= 4 is 11.7 Å². The largest absolute Gasteiger partial charge is 2.00 e. The Bertz CT molecular complexity index is 171. The summed E-state index contributed by atoms with van der Waals surface area (Å²) in [5.74, 6) is 0.770. The Hall–Kier alpha value is -0.601. The second-order valence-corrected chi connectivity index (χ2v) is 1.59. The van der Waals surface area contributed by atoms with E-state index in [2.05, 4.69) is 4.99 Å². The molecule has 4 heteroatoms. The van der Waals surface area contributed by atoms with Gasteiger partial charge in [-0.2, -0.15) is 0 Å². The molecular weight excluding hydrogens is 158 g/mol. The van der Waals surface area contributed by atoms with Crippen LogP contribution in [0, 0.1) is 5.41 Å². The third-order valence-corrected chi connectivity index (χ3v) is 0.864. The van der Waals surface area contributed by atoms with Gasteiger partial charge in [0.15, 0.2) is 0 Å². The van der Waals surface area contributed by atoms with Gasteiger partial charge in [-0.05, 0) is 6.08 Å². The second kappa shape index (κ2) is 3.43. The number of hydrogen-bond acceptors (Lipinski definition) is 2. The van der Waals surface area contributed by atoms with Gasteiger partial charge in [-0.3, -0.25) is 5.41 Å². The van der Waals surface area contributed by atoms with E-state index in [-0.39, 0.29) is 17.1 Å². The van der Waals surface area contributed by atoms with Gasteiger partial charge in [0.05, 0.1) is 0 Å². The van der Waals surface area contributed by atoms with Gasteiger partial charge in [-0.1, -0.05) is 6.08 Å². The van der Waals surface area contributed by atoms with Crippen molar-refractivity contribution in [1.82, 2.24) is 0 Å². The molecule has 0 bridgehead atoms. The Morgan fingerprint density at radius 2 is 2.33 bits per heavy atom. The van der Waals surface area contributed by atoms with Crippen LogP contribution in [0.15, 0.2) is 17.1 Å². The zero-order chi connectivity index (χ0) is 5.98. The fourth-order valence-corrected chi connectivity index (χ4v) is 0.530. The number of dihydropyridines is 1. The Morgan fingerprint density at radius 3 is 2.67 bits per heavy atom. The molecule has 48 valence electrons. The number of aliphatic imine (C=N–C) groups is 1. The van der Waals surface area contributed by atoms with Crippen molar-refractivity contribution in [3.05, 3.63) is 12.2 Å². The van der Waals surface area contributed by atoms with Crippen molar-refractivity contribution in [3.63, 3.8) is 0 Å². The molecule has 1 aliphatic rings. The van der Waals surface area contributed by atoms with E-state index >= 15 is 0 Å². The molecule has 0 aromatic rings. The first-order chi connectivity index (χ1) is 3.79. The molecule has 1 heterocycles. The van der Waals surface area contributed by atoms with E-state index in [4.69, 9.17) is 11.1 Å².